The van der Waals surface area contributed by atoms with E-state index >= 15 is 0 Å². The Morgan fingerprint density at radius 1 is 1.30 bits per heavy atom. The highest BCUT2D eigenvalue weighted by Gasteiger charge is 2.36. The SMILES string of the molecule is Cc1csc([C@@H]2CCCN2C(=O)CN2CCC[C@H](NS(=O)(=O)/C=C/c3ccc(Cl)s3)C2=O)n1. The molecule has 0 unspecified atom stereocenters. The topological polar surface area (TPSA) is 99.7 Å². The molecule has 178 valence electrons. The number of hydrogen-bond donors (Lipinski definition) is 1. The minimum Gasteiger partial charge on any atom is -0.332 e. The maximum atomic E-state index is 13.1. The summed E-state index contributed by atoms with van der Waals surface area (Å²) in [6.45, 7) is 2.94. The molecule has 2 atom stereocenters. The van der Waals surface area contributed by atoms with Gasteiger partial charge in [0.1, 0.15) is 11.0 Å². The lowest BCUT2D eigenvalue weighted by atomic mass is 10.1. The van der Waals surface area contributed by atoms with Gasteiger partial charge in [-0.2, -0.15) is 4.72 Å². The van der Waals surface area contributed by atoms with E-state index in [4.69, 9.17) is 11.6 Å². The van der Waals surface area contributed by atoms with Crippen LogP contribution in [0.15, 0.2) is 22.9 Å². The smallest absolute Gasteiger partial charge is 0.242 e. The van der Waals surface area contributed by atoms with Crippen molar-refractivity contribution in [2.24, 2.45) is 0 Å². The number of aryl methyl sites for hydroxylation is 1. The first-order valence-electron chi connectivity index (χ1n) is 10.7. The standard InChI is InChI=1S/C21H25ClN4O4S3/c1-14-13-31-20(23-14)17-5-3-10-26(17)19(27)12-25-9-2-4-16(21(25)28)24-33(29,30)11-8-15-6-7-18(22)32-15/h6-8,11,13,16-17,24H,2-5,9-10,12H2,1H3/b11-8+/t16-,17-/m0/s1. The number of carbonyl (C=O) groups is 2. The molecule has 1 N–H and O–H groups in total. The number of likely N-dealkylation sites (tertiary alicyclic amines) is 2. The van der Waals surface area contributed by atoms with Crippen LogP contribution in [-0.4, -0.2) is 60.7 Å². The Hall–Kier alpha value is -1.79. The summed E-state index contributed by atoms with van der Waals surface area (Å²) in [7, 11) is -3.83. The van der Waals surface area contributed by atoms with Crippen molar-refractivity contribution in [1.82, 2.24) is 19.5 Å². The van der Waals surface area contributed by atoms with Gasteiger partial charge >= 0.3 is 0 Å². The van der Waals surface area contributed by atoms with Crippen molar-refractivity contribution in [2.75, 3.05) is 19.6 Å². The second-order valence-electron chi connectivity index (χ2n) is 8.13. The summed E-state index contributed by atoms with van der Waals surface area (Å²) in [6.07, 6.45) is 4.21. The summed E-state index contributed by atoms with van der Waals surface area (Å²) in [4.78, 5) is 34.5. The summed E-state index contributed by atoms with van der Waals surface area (Å²) in [6, 6.07) is 2.47. The number of nitrogens with zero attached hydrogens (tertiary/aromatic N) is 3. The molecule has 2 aliphatic heterocycles. The average Bonchev–Trinajstić information content (AvgIpc) is 3.50. The normalized spacial score (nSPS) is 21.9. The van der Waals surface area contributed by atoms with Crippen LogP contribution in [-0.2, 0) is 19.6 Å². The molecule has 0 bridgehead atoms. The van der Waals surface area contributed by atoms with E-state index < -0.39 is 16.1 Å². The monoisotopic (exact) mass is 528 g/mol. The van der Waals surface area contributed by atoms with Crippen LogP contribution in [0.4, 0.5) is 0 Å². The Morgan fingerprint density at radius 3 is 2.79 bits per heavy atom. The predicted molar refractivity (Wildman–Crippen MR) is 131 cm³/mol. The second-order valence-corrected chi connectivity index (χ2v) is 12.4. The fourth-order valence-electron chi connectivity index (χ4n) is 4.12. The van der Waals surface area contributed by atoms with Gasteiger partial charge in [-0.05, 0) is 50.8 Å². The fraction of sp³-hybridized carbons (Fsp3) is 0.476. The van der Waals surface area contributed by atoms with Crippen LogP contribution >= 0.6 is 34.3 Å². The molecule has 33 heavy (non-hydrogen) atoms. The van der Waals surface area contributed by atoms with Crippen LogP contribution in [0, 0.1) is 6.92 Å². The van der Waals surface area contributed by atoms with E-state index in [1.54, 1.807) is 28.4 Å². The summed E-state index contributed by atoms with van der Waals surface area (Å²) in [5.74, 6) is -0.497. The largest absolute Gasteiger partial charge is 0.332 e. The van der Waals surface area contributed by atoms with Gasteiger partial charge in [-0.1, -0.05) is 11.6 Å². The molecule has 2 fully saturated rings. The Morgan fingerprint density at radius 2 is 2.09 bits per heavy atom. The lowest BCUT2D eigenvalue weighted by Gasteiger charge is -2.33. The van der Waals surface area contributed by atoms with Gasteiger partial charge in [0.2, 0.25) is 21.8 Å². The fourth-order valence-corrected chi connectivity index (χ4v) is 7.13. The van der Waals surface area contributed by atoms with E-state index in [1.807, 2.05) is 12.3 Å². The highest BCUT2D eigenvalue weighted by molar-refractivity contribution is 7.92. The van der Waals surface area contributed by atoms with E-state index in [2.05, 4.69) is 9.71 Å². The highest BCUT2D eigenvalue weighted by atomic mass is 35.5. The molecule has 2 saturated heterocycles. The molecular formula is C21H25ClN4O4S3. The minimum atomic E-state index is -3.83. The number of aromatic nitrogens is 1. The molecule has 4 rings (SSSR count). The molecule has 0 aliphatic carbocycles. The van der Waals surface area contributed by atoms with Crippen LogP contribution in [0.5, 0.6) is 0 Å². The Kier molecular flexibility index (Phi) is 7.54. The molecular weight excluding hydrogens is 504 g/mol. The first kappa shape index (κ1) is 24.3. The molecule has 2 aliphatic rings. The number of hydrogen-bond acceptors (Lipinski definition) is 7. The first-order chi connectivity index (χ1) is 15.7. The number of rotatable bonds is 7. The summed E-state index contributed by atoms with van der Waals surface area (Å²) in [5.41, 5.74) is 0.937. The number of carbonyl (C=O) groups excluding carboxylic acids is 2. The zero-order chi connectivity index (χ0) is 23.6. The number of amides is 2. The molecule has 0 aromatic carbocycles. The van der Waals surface area contributed by atoms with Gasteiger partial charge < -0.3 is 9.80 Å². The van der Waals surface area contributed by atoms with Crippen molar-refractivity contribution in [2.45, 2.75) is 44.7 Å². The number of thiophene rings is 1. The van der Waals surface area contributed by atoms with Gasteiger partial charge in [-0.15, -0.1) is 22.7 Å². The number of thiazole rings is 1. The molecule has 2 aromatic rings. The van der Waals surface area contributed by atoms with E-state index in [1.165, 1.54) is 22.3 Å². The van der Waals surface area contributed by atoms with Crippen molar-refractivity contribution in [3.05, 3.63) is 42.8 Å². The van der Waals surface area contributed by atoms with Gasteiger partial charge in [-0.3, -0.25) is 9.59 Å². The lowest BCUT2D eigenvalue weighted by Crippen LogP contribution is -2.54. The first-order valence-corrected chi connectivity index (χ1v) is 14.3. The summed E-state index contributed by atoms with van der Waals surface area (Å²) in [5, 5.41) is 3.94. The average molecular weight is 529 g/mol. The number of halogens is 1. The van der Waals surface area contributed by atoms with Crippen LogP contribution < -0.4 is 4.72 Å². The minimum absolute atomic E-state index is 0.0541. The van der Waals surface area contributed by atoms with Crippen molar-refractivity contribution < 1.29 is 18.0 Å². The van der Waals surface area contributed by atoms with E-state index in [0.717, 1.165) is 29.0 Å². The summed E-state index contributed by atoms with van der Waals surface area (Å²) >= 11 is 8.68. The van der Waals surface area contributed by atoms with Gasteiger partial charge in [0.15, 0.2) is 0 Å². The Balaban J connectivity index is 1.38. The van der Waals surface area contributed by atoms with Gasteiger partial charge in [0.05, 0.1) is 16.9 Å². The Bertz CT molecular complexity index is 1160. The zero-order valence-corrected chi connectivity index (χ0v) is 21.3. The Labute approximate surface area is 206 Å². The van der Waals surface area contributed by atoms with Crippen LogP contribution in [0.25, 0.3) is 6.08 Å². The highest BCUT2D eigenvalue weighted by Crippen LogP contribution is 2.34. The third-order valence-electron chi connectivity index (χ3n) is 5.66. The molecule has 2 aromatic heterocycles. The number of nitrogens with one attached hydrogen (secondary N) is 1. The van der Waals surface area contributed by atoms with E-state index in [-0.39, 0.29) is 24.4 Å². The van der Waals surface area contributed by atoms with Gasteiger partial charge in [0, 0.05) is 34.4 Å². The zero-order valence-electron chi connectivity index (χ0n) is 18.1. The van der Waals surface area contributed by atoms with Crippen LogP contribution in [0.1, 0.15) is 47.3 Å². The third kappa shape index (κ3) is 6.02. The van der Waals surface area contributed by atoms with Crippen molar-refractivity contribution >= 4 is 62.2 Å². The molecule has 0 radical (unpaired) electrons. The summed E-state index contributed by atoms with van der Waals surface area (Å²) < 4.78 is 28.0. The van der Waals surface area contributed by atoms with Gasteiger partial charge in [-0.25, -0.2) is 13.4 Å². The van der Waals surface area contributed by atoms with E-state index in [0.29, 0.717) is 35.1 Å². The quantitative estimate of drug-likeness (QED) is 0.593. The molecule has 2 amide bonds. The van der Waals surface area contributed by atoms with Crippen molar-refractivity contribution in [3.63, 3.8) is 0 Å². The van der Waals surface area contributed by atoms with Crippen LogP contribution in [0.2, 0.25) is 4.34 Å². The molecule has 0 spiro atoms. The number of sulfonamides is 1. The van der Waals surface area contributed by atoms with Crippen molar-refractivity contribution in [3.8, 4) is 0 Å². The number of piperidine rings is 1. The van der Waals surface area contributed by atoms with Crippen molar-refractivity contribution in [1.29, 1.82) is 0 Å². The third-order valence-corrected chi connectivity index (χ3v) is 9.03. The van der Waals surface area contributed by atoms with Gasteiger partial charge in [0.25, 0.3) is 0 Å². The maximum absolute atomic E-state index is 13.1. The molecule has 0 saturated carbocycles. The molecule has 12 heteroatoms. The molecule has 8 nitrogen and oxygen atoms in total. The second kappa shape index (κ2) is 10.2. The van der Waals surface area contributed by atoms with E-state index in [9.17, 15) is 18.0 Å². The maximum Gasteiger partial charge on any atom is 0.242 e. The predicted octanol–water partition coefficient (Wildman–Crippen LogP) is 3.41. The van der Waals surface area contributed by atoms with Crippen LogP contribution in [0.3, 0.4) is 0 Å². The lowest BCUT2D eigenvalue weighted by molar-refractivity contribution is -0.143. The molecule has 4 heterocycles.